The summed E-state index contributed by atoms with van der Waals surface area (Å²) in [7, 11) is 0. The lowest BCUT2D eigenvalue weighted by Gasteiger charge is -2.27. The Morgan fingerprint density at radius 3 is 2.56 bits per heavy atom. The van der Waals surface area contributed by atoms with Crippen LogP contribution in [0.4, 0.5) is 11.8 Å². The van der Waals surface area contributed by atoms with Gasteiger partial charge in [-0.15, -0.1) is 0 Å². The maximum absolute atomic E-state index is 6.08. The van der Waals surface area contributed by atoms with Crippen LogP contribution in [0.3, 0.4) is 0 Å². The van der Waals surface area contributed by atoms with Gasteiger partial charge < -0.3 is 10.6 Å². The van der Waals surface area contributed by atoms with Crippen molar-refractivity contribution in [3.8, 4) is 0 Å². The number of nitrogens with zero attached hydrogens (tertiary/aromatic N) is 2. The molecule has 0 aromatic carbocycles. The quantitative estimate of drug-likeness (QED) is 0.857. The van der Waals surface area contributed by atoms with Crippen molar-refractivity contribution in [2.75, 3.05) is 23.7 Å². The molecule has 2 N–H and O–H groups in total. The van der Waals surface area contributed by atoms with Gasteiger partial charge in [-0.05, 0) is 18.3 Å². The lowest BCUT2D eigenvalue weighted by Crippen LogP contribution is -2.25. The lowest BCUT2D eigenvalue weighted by molar-refractivity contribution is 0.274. The van der Waals surface area contributed by atoms with Gasteiger partial charge in [0.2, 0.25) is 5.95 Å². The predicted octanol–water partition coefficient (Wildman–Crippen LogP) is 3.66. The SMILES string of the molecule is CCNc1ncc(Cl)c(NCC(C)C(C)(C)C)n1. The van der Waals surface area contributed by atoms with E-state index in [1.165, 1.54) is 0 Å². The number of hydrogen-bond donors (Lipinski definition) is 2. The molecule has 5 heteroatoms. The molecule has 0 aliphatic carbocycles. The van der Waals surface area contributed by atoms with Crippen LogP contribution >= 0.6 is 11.6 Å². The first-order valence-electron chi connectivity index (χ1n) is 6.35. The number of rotatable bonds is 5. The third-order valence-electron chi connectivity index (χ3n) is 3.13. The van der Waals surface area contributed by atoms with Gasteiger partial charge in [0.25, 0.3) is 0 Å². The van der Waals surface area contributed by atoms with Crippen LogP contribution in [0.5, 0.6) is 0 Å². The molecule has 0 saturated heterocycles. The summed E-state index contributed by atoms with van der Waals surface area (Å²) in [5.41, 5.74) is 0.261. The maximum atomic E-state index is 6.08. The molecule has 0 aliphatic heterocycles. The molecule has 1 rings (SSSR count). The van der Waals surface area contributed by atoms with Crippen molar-refractivity contribution < 1.29 is 0 Å². The van der Waals surface area contributed by atoms with Gasteiger partial charge in [0, 0.05) is 13.1 Å². The second-order valence-electron chi connectivity index (χ2n) is 5.57. The standard InChI is InChI=1S/C13H23ClN4/c1-6-15-12-17-8-10(14)11(18-12)16-7-9(2)13(3,4)5/h8-9H,6-7H2,1-5H3,(H2,15,16,17,18). The monoisotopic (exact) mass is 270 g/mol. The number of hydrogen-bond acceptors (Lipinski definition) is 4. The van der Waals surface area contributed by atoms with Gasteiger partial charge in [-0.1, -0.05) is 39.3 Å². The van der Waals surface area contributed by atoms with Crippen LogP contribution in [-0.4, -0.2) is 23.1 Å². The van der Waals surface area contributed by atoms with Crippen LogP contribution in [0.25, 0.3) is 0 Å². The van der Waals surface area contributed by atoms with Crippen molar-refractivity contribution in [1.29, 1.82) is 0 Å². The second kappa shape index (κ2) is 6.23. The molecule has 0 aliphatic rings. The second-order valence-corrected chi connectivity index (χ2v) is 5.98. The van der Waals surface area contributed by atoms with Crippen LogP contribution in [0.15, 0.2) is 6.20 Å². The van der Waals surface area contributed by atoms with Crippen LogP contribution < -0.4 is 10.6 Å². The van der Waals surface area contributed by atoms with Gasteiger partial charge >= 0.3 is 0 Å². The van der Waals surface area contributed by atoms with Gasteiger partial charge in [-0.2, -0.15) is 4.98 Å². The third-order valence-corrected chi connectivity index (χ3v) is 3.41. The Morgan fingerprint density at radius 2 is 2.00 bits per heavy atom. The Bertz CT molecular complexity index is 387. The molecule has 0 saturated carbocycles. The summed E-state index contributed by atoms with van der Waals surface area (Å²) in [6.45, 7) is 12.5. The lowest BCUT2D eigenvalue weighted by atomic mass is 9.82. The molecular weight excluding hydrogens is 248 g/mol. The highest BCUT2D eigenvalue weighted by Crippen LogP contribution is 2.26. The Kier molecular flexibility index (Phi) is 5.20. The van der Waals surface area contributed by atoms with E-state index < -0.39 is 0 Å². The molecule has 102 valence electrons. The molecule has 1 unspecified atom stereocenters. The number of halogens is 1. The fraction of sp³-hybridized carbons (Fsp3) is 0.692. The van der Waals surface area contributed by atoms with Crippen LogP contribution in [-0.2, 0) is 0 Å². The average molecular weight is 271 g/mol. The van der Waals surface area contributed by atoms with Crippen molar-refractivity contribution in [2.24, 2.45) is 11.3 Å². The van der Waals surface area contributed by atoms with Gasteiger partial charge in [0.1, 0.15) is 10.8 Å². The van der Waals surface area contributed by atoms with E-state index >= 15 is 0 Å². The topological polar surface area (TPSA) is 49.8 Å². The average Bonchev–Trinajstić information content (AvgIpc) is 2.28. The Labute approximate surface area is 115 Å². The molecule has 18 heavy (non-hydrogen) atoms. The maximum Gasteiger partial charge on any atom is 0.224 e. The van der Waals surface area contributed by atoms with E-state index in [-0.39, 0.29) is 5.41 Å². The number of aromatic nitrogens is 2. The van der Waals surface area contributed by atoms with E-state index in [2.05, 4.69) is 48.3 Å². The van der Waals surface area contributed by atoms with Gasteiger partial charge in [-0.25, -0.2) is 4.98 Å². The molecule has 1 aromatic heterocycles. The minimum absolute atomic E-state index is 0.261. The largest absolute Gasteiger partial charge is 0.368 e. The van der Waals surface area contributed by atoms with E-state index in [1.54, 1.807) is 6.20 Å². The van der Waals surface area contributed by atoms with E-state index in [9.17, 15) is 0 Å². The third kappa shape index (κ3) is 4.33. The van der Waals surface area contributed by atoms with Crippen molar-refractivity contribution in [1.82, 2.24) is 9.97 Å². The molecule has 1 aromatic rings. The van der Waals surface area contributed by atoms with E-state index in [0.717, 1.165) is 13.1 Å². The molecule has 1 heterocycles. The van der Waals surface area contributed by atoms with Gasteiger partial charge in [-0.3, -0.25) is 0 Å². The van der Waals surface area contributed by atoms with E-state index in [0.29, 0.717) is 22.7 Å². The number of anilines is 2. The van der Waals surface area contributed by atoms with Crippen LogP contribution in [0.2, 0.25) is 5.02 Å². The molecule has 0 fully saturated rings. The summed E-state index contributed by atoms with van der Waals surface area (Å²) in [5.74, 6) is 1.82. The number of nitrogens with one attached hydrogen (secondary N) is 2. The highest BCUT2D eigenvalue weighted by Gasteiger charge is 2.20. The highest BCUT2D eigenvalue weighted by atomic mass is 35.5. The predicted molar refractivity (Wildman–Crippen MR) is 78.3 cm³/mol. The van der Waals surface area contributed by atoms with E-state index in [4.69, 9.17) is 11.6 Å². The minimum Gasteiger partial charge on any atom is -0.368 e. The Morgan fingerprint density at radius 1 is 1.33 bits per heavy atom. The Hall–Kier alpha value is -1.03. The fourth-order valence-corrected chi connectivity index (χ4v) is 1.45. The van der Waals surface area contributed by atoms with E-state index in [1.807, 2.05) is 6.92 Å². The van der Waals surface area contributed by atoms with Crippen molar-refractivity contribution >= 4 is 23.4 Å². The van der Waals surface area contributed by atoms with Crippen LogP contribution in [0.1, 0.15) is 34.6 Å². The summed E-state index contributed by atoms with van der Waals surface area (Å²) in [4.78, 5) is 8.46. The molecule has 1 atom stereocenters. The molecule has 0 bridgehead atoms. The fourth-order valence-electron chi connectivity index (χ4n) is 1.29. The summed E-state index contributed by atoms with van der Waals surface area (Å²) in [6, 6.07) is 0. The zero-order valence-corrected chi connectivity index (χ0v) is 12.6. The first kappa shape index (κ1) is 15.0. The van der Waals surface area contributed by atoms with Crippen LogP contribution in [0, 0.1) is 11.3 Å². The highest BCUT2D eigenvalue weighted by molar-refractivity contribution is 6.32. The summed E-state index contributed by atoms with van der Waals surface area (Å²) in [6.07, 6.45) is 1.62. The molecule has 0 amide bonds. The van der Waals surface area contributed by atoms with Gasteiger partial charge in [0.15, 0.2) is 0 Å². The normalized spacial score (nSPS) is 13.2. The molecule has 0 spiro atoms. The molecule has 4 nitrogen and oxygen atoms in total. The summed E-state index contributed by atoms with van der Waals surface area (Å²) < 4.78 is 0. The summed E-state index contributed by atoms with van der Waals surface area (Å²) in [5, 5.41) is 6.92. The zero-order chi connectivity index (χ0) is 13.8. The minimum atomic E-state index is 0.261. The summed E-state index contributed by atoms with van der Waals surface area (Å²) >= 11 is 6.08. The first-order valence-corrected chi connectivity index (χ1v) is 6.72. The Balaban J connectivity index is 2.69. The molecular formula is C13H23ClN4. The smallest absolute Gasteiger partial charge is 0.224 e. The van der Waals surface area contributed by atoms with Crippen molar-refractivity contribution in [3.05, 3.63) is 11.2 Å². The molecule has 0 radical (unpaired) electrons. The van der Waals surface area contributed by atoms with Crippen molar-refractivity contribution in [3.63, 3.8) is 0 Å². The first-order chi connectivity index (χ1) is 8.34. The van der Waals surface area contributed by atoms with Crippen molar-refractivity contribution in [2.45, 2.75) is 34.6 Å². The van der Waals surface area contributed by atoms with Gasteiger partial charge in [0.05, 0.1) is 6.20 Å². The zero-order valence-electron chi connectivity index (χ0n) is 11.8.